The smallest absolute Gasteiger partial charge is 0.331 e. The van der Waals surface area contributed by atoms with E-state index >= 15 is 0 Å². The fraction of sp³-hybridized carbons (Fsp3) is 0.636. The molecule has 8 heteroatoms. The van der Waals surface area contributed by atoms with E-state index < -0.39 is 35.8 Å². The second-order valence-corrected chi connectivity index (χ2v) is 4.63. The molecule has 1 aliphatic heterocycles. The molecule has 1 aromatic rings. The van der Waals surface area contributed by atoms with Crippen LogP contribution in [0.2, 0.25) is 0 Å². The number of hydrogen-bond donors (Lipinski definition) is 4. The predicted molar refractivity (Wildman–Crippen MR) is 63.8 cm³/mol. The second kappa shape index (κ2) is 4.57. The monoisotopic (exact) mass is 272 g/mol. The van der Waals surface area contributed by atoms with Crippen molar-refractivity contribution in [3.63, 3.8) is 0 Å². The van der Waals surface area contributed by atoms with Crippen LogP contribution in [0.1, 0.15) is 11.3 Å². The summed E-state index contributed by atoms with van der Waals surface area (Å²) in [5.74, 6) is 0. The lowest BCUT2D eigenvalue weighted by molar-refractivity contribution is -0.155. The van der Waals surface area contributed by atoms with E-state index in [0.717, 1.165) is 4.57 Å². The molecule has 19 heavy (non-hydrogen) atoms. The lowest BCUT2D eigenvalue weighted by Crippen LogP contribution is -2.55. The van der Waals surface area contributed by atoms with Crippen LogP contribution in [0.25, 0.3) is 0 Å². The Balaban J connectivity index is 2.74. The number of ether oxygens (including phenoxy) is 1. The average molecular weight is 272 g/mol. The highest BCUT2D eigenvalue weighted by Gasteiger charge is 2.51. The summed E-state index contributed by atoms with van der Waals surface area (Å²) in [6.45, 7) is 2.08. The highest BCUT2D eigenvalue weighted by Crippen LogP contribution is 2.31. The van der Waals surface area contributed by atoms with Crippen molar-refractivity contribution >= 4 is 0 Å². The number of H-pyrrole nitrogens is 1. The van der Waals surface area contributed by atoms with Gasteiger partial charge in [-0.1, -0.05) is 0 Å². The van der Waals surface area contributed by atoms with Crippen LogP contribution in [-0.2, 0) is 10.5 Å². The molecule has 8 nitrogen and oxygen atoms in total. The molecule has 1 fully saturated rings. The molecule has 1 saturated heterocycles. The highest BCUT2D eigenvalue weighted by atomic mass is 16.6. The van der Waals surface area contributed by atoms with Crippen molar-refractivity contribution in [1.82, 2.24) is 9.55 Å². The molecule has 0 radical (unpaired) electrons. The van der Waals surface area contributed by atoms with E-state index in [0.29, 0.717) is 0 Å². The number of hydrogen-bond acceptors (Lipinski definition) is 6. The van der Waals surface area contributed by atoms with Gasteiger partial charge in [-0.15, -0.1) is 0 Å². The van der Waals surface area contributed by atoms with Gasteiger partial charge in [0.2, 0.25) is 5.72 Å². The van der Waals surface area contributed by atoms with Gasteiger partial charge in [0.15, 0.2) is 0 Å². The van der Waals surface area contributed by atoms with Crippen molar-refractivity contribution < 1.29 is 20.1 Å². The van der Waals surface area contributed by atoms with Gasteiger partial charge >= 0.3 is 5.69 Å². The number of aliphatic hydroxyl groups excluding tert-OH is 3. The van der Waals surface area contributed by atoms with Gasteiger partial charge in [-0.05, 0) is 13.8 Å². The average Bonchev–Trinajstić information content (AvgIpc) is 2.65. The molecule has 106 valence electrons. The van der Waals surface area contributed by atoms with Crippen LogP contribution < -0.4 is 11.2 Å². The third-order valence-corrected chi connectivity index (χ3v) is 3.58. The van der Waals surface area contributed by atoms with Crippen molar-refractivity contribution in [2.24, 2.45) is 0 Å². The van der Waals surface area contributed by atoms with Crippen LogP contribution in [0.5, 0.6) is 0 Å². The van der Waals surface area contributed by atoms with E-state index in [2.05, 4.69) is 4.98 Å². The summed E-state index contributed by atoms with van der Waals surface area (Å²) >= 11 is 0. The Hall–Kier alpha value is -1.48. The summed E-state index contributed by atoms with van der Waals surface area (Å²) in [4.78, 5) is 25.5. The molecule has 0 aromatic carbocycles. The maximum Gasteiger partial charge on any atom is 0.331 e. The Kier molecular flexibility index (Phi) is 3.35. The Labute approximate surface area is 107 Å². The van der Waals surface area contributed by atoms with Gasteiger partial charge in [0, 0.05) is 11.3 Å². The molecule has 0 amide bonds. The predicted octanol–water partition coefficient (Wildman–Crippen LogP) is -2.45. The van der Waals surface area contributed by atoms with Crippen molar-refractivity contribution in [3.05, 3.63) is 32.1 Å². The van der Waals surface area contributed by atoms with Crippen molar-refractivity contribution in [2.75, 3.05) is 13.2 Å². The number of aliphatic hydroxyl groups is 3. The van der Waals surface area contributed by atoms with Gasteiger partial charge in [0.05, 0.1) is 13.2 Å². The molecule has 2 rings (SSSR count). The number of aromatic amines is 1. The Morgan fingerprint density at radius 1 is 1.42 bits per heavy atom. The molecule has 0 aliphatic carbocycles. The molecule has 0 saturated carbocycles. The summed E-state index contributed by atoms with van der Waals surface area (Å²) in [5.41, 5.74) is -2.61. The topological polar surface area (TPSA) is 125 Å². The normalized spacial score (nSPS) is 30.8. The quantitative estimate of drug-likeness (QED) is 0.473. The molecule has 0 spiro atoms. The zero-order valence-electron chi connectivity index (χ0n) is 10.6. The van der Waals surface area contributed by atoms with E-state index in [-0.39, 0.29) is 17.9 Å². The first kappa shape index (κ1) is 13.9. The minimum atomic E-state index is -1.78. The summed E-state index contributed by atoms with van der Waals surface area (Å²) in [6, 6.07) is 0. The molecular formula is C11H16N2O6. The molecule has 1 aromatic heterocycles. The van der Waals surface area contributed by atoms with Crippen LogP contribution >= 0.6 is 0 Å². The standard InChI is InChI=1S/C11H16N2O6/c1-5-6(2)13(10(18)12-9(5)17)11(4-14)8(16)7(15)3-19-11/h7-8,14-16H,3-4H2,1-2H3,(H,12,17,18)/t7-,8-,11-/m0/s1. The third kappa shape index (κ3) is 1.84. The van der Waals surface area contributed by atoms with Gasteiger partial charge in [0.1, 0.15) is 12.2 Å². The summed E-state index contributed by atoms with van der Waals surface area (Å²) in [6.07, 6.45) is -2.69. The van der Waals surface area contributed by atoms with Crippen LogP contribution in [-0.4, -0.2) is 50.3 Å². The van der Waals surface area contributed by atoms with E-state index in [1.54, 1.807) is 0 Å². The van der Waals surface area contributed by atoms with Gasteiger partial charge < -0.3 is 20.1 Å². The highest BCUT2D eigenvalue weighted by molar-refractivity contribution is 5.16. The lowest BCUT2D eigenvalue weighted by Gasteiger charge is -2.33. The summed E-state index contributed by atoms with van der Waals surface area (Å²) in [5, 5.41) is 29.1. The second-order valence-electron chi connectivity index (χ2n) is 4.63. The van der Waals surface area contributed by atoms with E-state index in [1.165, 1.54) is 13.8 Å². The van der Waals surface area contributed by atoms with E-state index in [9.17, 15) is 24.9 Å². The zero-order chi connectivity index (χ0) is 14.4. The van der Waals surface area contributed by atoms with Crippen molar-refractivity contribution in [1.29, 1.82) is 0 Å². The fourth-order valence-corrected chi connectivity index (χ4v) is 2.30. The van der Waals surface area contributed by atoms with Crippen molar-refractivity contribution in [3.8, 4) is 0 Å². The van der Waals surface area contributed by atoms with E-state index in [1.807, 2.05) is 0 Å². The third-order valence-electron chi connectivity index (χ3n) is 3.58. The molecule has 3 atom stereocenters. The summed E-state index contributed by atoms with van der Waals surface area (Å²) < 4.78 is 6.22. The molecule has 2 heterocycles. The Bertz CT molecular complexity index is 606. The maximum atomic E-state index is 11.9. The first-order valence-corrected chi connectivity index (χ1v) is 5.79. The van der Waals surface area contributed by atoms with Gasteiger partial charge in [-0.3, -0.25) is 14.3 Å². The van der Waals surface area contributed by atoms with Gasteiger partial charge in [-0.2, -0.15) is 0 Å². The first-order chi connectivity index (χ1) is 8.85. The molecule has 4 N–H and O–H groups in total. The van der Waals surface area contributed by atoms with Crippen LogP contribution in [0, 0.1) is 13.8 Å². The maximum absolute atomic E-state index is 11.9. The van der Waals surface area contributed by atoms with Gasteiger partial charge in [-0.25, -0.2) is 4.79 Å². The van der Waals surface area contributed by atoms with Crippen LogP contribution in [0.15, 0.2) is 9.59 Å². The lowest BCUT2D eigenvalue weighted by atomic mass is 10.0. The number of nitrogens with one attached hydrogen (secondary N) is 1. The zero-order valence-corrected chi connectivity index (χ0v) is 10.6. The molecule has 1 aliphatic rings. The van der Waals surface area contributed by atoms with Crippen molar-refractivity contribution in [2.45, 2.75) is 31.8 Å². The number of aromatic nitrogens is 2. The number of nitrogens with zero attached hydrogens (tertiary/aromatic N) is 1. The molecule has 0 bridgehead atoms. The van der Waals surface area contributed by atoms with E-state index in [4.69, 9.17) is 4.74 Å². The Morgan fingerprint density at radius 2 is 2.05 bits per heavy atom. The largest absolute Gasteiger partial charge is 0.391 e. The fourth-order valence-electron chi connectivity index (χ4n) is 2.30. The Morgan fingerprint density at radius 3 is 2.53 bits per heavy atom. The number of rotatable bonds is 2. The first-order valence-electron chi connectivity index (χ1n) is 5.79. The molecular weight excluding hydrogens is 256 g/mol. The van der Waals surface area contributed by atoms with Crippen LogP contribution in [0.4, 0.5) is 0 Å². The SMILES string of the molecule is Cc1c(C)n([C@@]2(CO)OC[C@H](O)[C@@H]2O)c(=O)[nH]c1=O. The minimum Gasteiger partial charge on any atom is -0.391 e. The summed E-state index contributed by atoms with van der Waals surface area (Å²) in [7, 11) is 0. The van der Waals surface area contributed by atoms with Crippen LogP contribution in [0.3, 0.4) is 0 Å². The van der Waals surface area contributed by atoms with Gasteiger partial charge in [0.25, 0.3) is 5.56 Å². The molecule has 0 unspecified atom stereocenters. The minimum absolute atomic E-state index is 0.216.